The third-order valence-electron chi connectivity index (χ3n) is 1.54. The van der Waals surface area contributed by atoms with E-state index in [9.17, 15) is 13.2 Å². The number of hydrogen-bond donors (Lipinski definition) is 0. The Labute approximate surface area is 90.6 Å². The van der Waals surface area contributed by atoms with Crippen LogP contribution in [0.4, 0.5) is 13.2 Å². The summed E-state index contributed by atoms with van der Waals surface area (Å²) in [4.78, 5) is 0.110. The van der Waals surface area contributed by atoms with Gasteiger partial charge in [0, 0.05) is 0 Å². The van der Waals surface area contributed by atoms with Crippen molar-refractivity contribution in [2.45, 2.75) is 23.7 Å². The van der Waals surface area contributed by atoms with Gasteiger partial charge in [-0.25, -0.2) is 0 Å². The van der Waals surface area contributed by atoms with E-state index in [4.69, 9.17) is 4.74 Å². The molecule has 0 aliphatic rings. The van der Waals surface area contributed by atoms with Gasteiger partial charge in [-0.1, -0.05) is 19.1 Å². The van der Waals surface area contributed by atoms with E-state index in [-0.39, 0.29) is 16.7 Å². The highest BCUT2D eigenvalue weighted by molar-refractivity contribution is 8.00. The Bertz CT molecular complexity index is 312. The summed E-state index contributed by atoms with van der Waals surface area (Å²) in [5.74, 6) is 0.293. The van der Waals surface area contributed by atoms with Crippen molar-refractivity contribution in [2.75, 3.05) is 6.61 Å². The summed E-state index contributed by atoms with van der Waals surface area (Å²) in [7, 11) is 0. The third kappa shape index (κ3) is 4.46. The number of rotatable bonds is 4. The summed E-state index contributed by atoms with van der Waals surface area (Å²) in [6.45, 7) is 2.33. The fourth-order valence-corrected chi connectivity index (χ4v) is 1.61. The summed E-state index contributed by atoms with van der Waals surface area (Å²) >= 11 is -0.147. The van der Waals surface area contributed by atoms with Gasteiger partial charge in [0.1, 0.15) is 5.75 Å². The lowest BCUT2D eigenvalue weighted by atomic mass is 10.3. The van der Waals surface area contributed by atoms with E-state index in [2.05, 4.69) is 0 Å². The van der Waals surface area contributed by atoms with Gasteiger partial charge < -0.3 is 4.74 Å². The quantitative estimate of drug-likeness (QED) is 0.728. The normalized spacial score (nSPS) is 11.5. The zero-order valence-corrected chi connectivity index (χ0v) is 8.99. The van der Waals surface area contributed by atoms with Crippen molar-refractivity contribution in [1.29, 1.82) is 0 Å². The molecule has 0 radical (unpaired) electrons. The molecule has 1 aromatic carbocycles. The first-order chi connectivity index (χ1) is 7.03. The van der Waals surface area contributed by atoms with Gasteiger partial charge in [-0.2, -0.15) is 13.2 Å². The average Bonchev–Trinajstić information content (AvgIpc) is 2.14. The van der Waals surface area contributed by atoms with Crippen molar-refractivity contribution < 1.29 is 17.9 Å². The van der Waals surface area contributed by atoms with Crippen LogP contribution in [-0.2, 0) is 0 Å². The Morgan fingerprint density at radius 2 is 1.93 bits per heavy atom. The molecule has 0 N–H and O–H groups in total. The average molecular weight is 236 g/mol. The highest BCUT2D eigenvalue weighted by Crippen LogP contribution is 2.41. The minimum absolute atomic E-state index is 0.110. The highest BCUT2D eigenvalue weighted by atomic mass is 32.2. The van der Waals surface area contributed by atoms with Gasteiger partial charge in [0.25, 0.3) is 0 Å². The molecular weight excluding hydrogens is 225 g/mol. The van der Waals surface area contributed by atoms with E-state index >= 15 is 0 Å². The maximum atomic E-state index is 12.2. The van der Waals surface area contributed by atoms with Crippen LogP contribution in [0.1, 0.15) is 13.3 Å². The van der Waals surface area contributed by atoms with Crippen molar-refractivity contribution in [1.82, 2.24) is 0 Å². The molecule has 1 nitrogen and oxygen atoms in total. The molecule has 0 amide bonds. The summed E-state index contributed by atoms with van der Waals surface area (Å²) in [5, 5.41) is 0. The largest absolute Gasteiger partial charge is 0.492 e. The van der Waals surface area contributed by atoms with E-state index < -0.39 is 5.51 Å². The summed E-state index contributed by atoms with van der Waals surface area (Å²) < 4.78 is 41.7. The minimum Gasteiger partial charge on any atom is -0.492 e. The standard InChI is InChI=1S/C10H11F3OS/c1-2-7-14-8-5-3-4-6-9(8)15-10(11,12)13/h3-6H,2,7H2,1H3. The Morgan fingerprint density at radius 1 is 1.27 bits per heavy atom. The van der Waals surface area contributed by atoms with Gasteiger partial charge in [0.05, 0.1) is 11.5 Å². The summed E-state index contributed by atoms with van der Waals surface area (Å²) in [6, 6.07) is 6.17. The van der Waals surface area contributed by atoms with Crippen molar-refractivity contribution >= 4 is 11.8 Å². The Balaban J connectivity index is 2.77. The number of thioether (sulfide) groups is 1. The Hall–Kier alpha value is -0.840. The minimum atomic E-state index is -4.27. The van der Waals surface area contributed by atoms with Crippen molar-refractivity contribution in [3.63, 3.8) is 0 Å². The molecule has 0 fully saturated rings. The number of ether oxygens (including phenoxy) is 1. The number of benzene rings is 1. The molecule has 1 rings (SSSR count). The lowest BCUT2D eigenvalue weighted by molar-refractivity contribution is -0.0329. The molecule has 0 saturated heterocycles. The fraction of sp³-hybridized carbons (Fsp3) is 0.400. The maximum Gasteiger partial charge on any atom is 0.446 e. The van der Waals surface area contributed by atoms with E-state index in [1.54, 1.807) is 18.2 Å². The van der Waals surface area contributed by atoms with Gasteiger partial charge in [-0.05, 0) is 30.3 Å². The van der Waals surface area contributed by atoms with Crippen LogP contribution in [0.25, 0.3) is 0 Å². The van der Waals surface area contributed by atoms with Gasteiger partial charge in [0.2, 0.25) is 0 Å². The van der Waals surface area contributed by atoms with Gasteiger partial charge in [0.15, 0.2) is 0 Å². The highest BCUT2D eigenvalue weighted by Gasteiger charge is 2.30. The molecule has 84 valence electrons. The fourth-order valence-electron chi connectivity index (χ4n) is 0.990. The van der Waals surface area contributed by atoms with Crippen LogP contribution in [0.2, 0.25) is 0 Å². The molecule has 0 aliphatic heterocycles. The lowest BCUT2D eigenvalue weighted by Gasteiger charge is -2.11. The molecule has 0 aromatic heterocycles. The number of halogens is 3. The topological polar surface area (TPSA) is 9.23 Å². The zero-order chi connectivity index (χ0) is 11.3. The van der Waals surface area contributed by atoms with E-state index in [0.29, 0.717) is 12.4 Å². The van der Waals surface area contributed by atoms with E-state index in [0.717, 1.165) is 6.42 Å². The molecule has 5 heteroatoms. The maximum absolute atomic E-state index is 12.2. The molecule has 15 heavy (non-hydrogen) atoms. The van der Waals surface area contributed by atoms with Crippen LogP contribution in [0.5, 0.6) is 5.75 Å². The molecule has 0 aliphatic carbocycles. The van der Waals surface area contributed by atoms with Crippen LogP contribution in [-0.4, -0.2) is 12.1 Å². The molecular formula is C10H11F3OS. The third-order valence-corrected chi connectivity index (χ3v) is 2.33. The predicted molar refractivity (Wildman–Crippen MR) is 54.1 cm³/mol. The monoisotopic (exact) mass is 236 g/mol. The molecule has 0 spiro atoms. The molecule has 0 bridgehead atoms. The lowest BCUT2D eigenvalue weighted by Crippen LogP contribution is -2.02. The van der Waals surface area contributed by atoms with Crippen molar-refractivity contribution in [3.05, 3.63) is 24.3 Å². The summed E-state index contributed by atoms with van der Waals surface area (Å²) in [6.07, 6.45) is 0.769. The van der Waals surface area contributed by atoms with Crippen LogP contribution in [0, 0.1) is 0 Å². The van der Waals surface area contributed by atoms with Crippen molar-refractivity contribution in [3.8, 4) is 5.75 Å². The molecule has 0 atom stereocenters. The second-order valence-corrected chi connectivity index (χ2v) is 3.95. The van der Waals surface area contributed by atoms with E-state index in [1.165, 1.54) is 6.07 Å². The first-order valence-electron chi connectivity index (χ1n) is 4.50. The number of alkyl halides is 3. The second kappa shape index (κ2) is 5.30. The number of hydrogen-bond acceptors (Lipinski definition) is 2. The van der Waals surface area contributed by atoms with Gasteiger partial charge >= 0.3 is 5.51 Å². The first kappa shape index (κ1) is 12.2. The smallest absolute Gasteiger partial charge is 0.446 e. The van der Waals surface area contributed by atoms with Gasteiger partial charge in [-0.3, -0.25) is 0 Å². The first-order valence-corrected chi connectivity index (χ1v) is 5.32. The van der Waals surface area contributed by atoms with Gasteiger partial charge in [-0.15, -0.1) is 0 Å². The van der Waals surface area contributed by atoms with Crippen LogP contribution in [0.3, 0.4) is 0 Å². The predicted octanol–water partition coefficient (Wildman–Crippen LogP) is 4.09. The van der Waals surface area contributed by atoms with Crippen LogP contribution in [0.15, 0.2) is 29.2 Å². The molecule has 1 aromatic rings. The summed E-state index contributed by atoms with van der Waals surface area (Å²) in [5.41, 5.74) is -4.27. The van der Waals surface area contributed by atoms with E-state index in [1.807, 2.05) is 6.92 Å². The molecule has 0 heterocycles. The van der Waals surface area contributed by atoms with Crippen LogP contribution < -0.4 is 4.74 Å². The SMILES string of the molecule is CCCOc1ccccc1SC(F)(F)F. The molecule has 0 saturated carbocycles. The van der Waals surface area contributed by atoms with Crippen LogP contribution >= 0.6 is 11.8 Å². The Kier molecular flexibility index (Phi) is 4.32. The van der Waals surface area contributed by atoms with Crippen molar-refractivity contribution in [2.24, 2.45) is 0 Å². The number of para-hydroxylation sites is 1. The second-order valence-electron chi connectivity index (χ2n) is 2.84. The zero-order valence-electron chi connectivity index (χ0n) is 8.17. The molecule has 0 unspecified atom stereocenters. The Morgan fingerprint density at radius 3 is 2.53 bits per heavy atom.